The number of nitrogens with one attached hydrogen (secondary N) is 1. The van der Waals surface area contributed by atoms with Crippen LogP contribution in [0.15, 0.2) is 0 Å². The number of halogens is 6. The van der Waals surface area contributed by atoms with Crippen LogP contribution in [0, 0.1) is 0 Å². The average molecular weight is 427 g/mol. The SMILES string of the molecule is FC(F)(F)C(Oc1nc(NC2CCCCC2)nc(N2CCCCC2)n1)C(F)(F)F. The van der Waals surface area contributed by atoms with Crippen molar-refractivity contribution in [3.63, 3.8) is 0 Å². The Morgan fingerprint density at radius 2 is 1.41 bits per heavy atom. The van der Waals surface area contributed by atoms with Crippen LogP contribution in [0.25, 0.3) is 0 Å². The molecule has 0 amide bonds. The highest BCUT2D eigenvalue weighted by molar-refractivity contribution is 5.39. The first-order valence-corrected chi connectivity index (χ1v) is 9.70. The summed E-state index contributed by atoms with van der Waals surface area (Å²) in [4.78, 5) is 13.4. The number of rotatable bonds is 5. The van der Waals surface area contributed by atoms with Crippen LogP contribution in [0.1, 0.15) is 51.4 Å². The second-order valence-corrected chi connectivity index (χ2v) is 7.35. The molecule has 2 fully saturated rings. The van der Waals surface area contributed by atoms with Crippen LogP contribution < -0.4 is 15.0 Å². The van der Waals surface area contributed by atoms with Gasteiger partial charge >= 0.3 is 18.4 Å². The van der Waals surface area contributed by atoms with Crippen LogP contribution in [0.5, 0.6) is 6.01 Å². The van der Waals surface area contributed by atoms with Gasteiger partial charge in [-0.15, -0.1) is 0 Å². The van der Waals surface area contributed by atoms with Gasteiger partial charge in [0.2, 0.25) is 11.9 Å². The van der Waals surface area contributed by atoms with Crippen LogP contribution in [0.3, 0.4) is 0 Å². The molecule has 12 heteroatoms. The normalized spacial score (nSPS) is 19.5. The highest BCUT2D eigenvalue weighted by Gasteiger charge is 2.59. The number of hydrogen-bond acceptors (Lipinski definition) is 6. The third kappa shape index (κ3) is 5.99. The summed E-state index contributed by atoms with van der Waals surface area (Å²) in [6, 6.07) is -0.979. The minimum atomic E-state index is -5.65. The molecule has 1 N–H and O–H groups in total. The van der Waals surface area contributed by atoms with E-state index in [0.717, 1.165) is 51.4 Å². The van der Waals surface area contributed by atoms with Crippen molar-refractivity contribution in [3.05, 3.63) is 0 Å². The van der Waals surface area contributed by atoms with E-state index in [4.69, 9.17) is 0 Å². The number of hydrogen-bond donors (Lipinski definition) is 1. The third-order valence-electron chi connectivity index (χ3n) is 5.00. The molecule has 0 unspecified atom stereocenters. The number of ether oxygens (including phenoxy) is 1. The molecule has 0 aromatic carbocycles. The van der Waals surface area contributed by atoms with Gasteiger partial charge in [-0.25, -0.2) is 0 Å². The molecule has 0 radical (unpaired) electrons. The second kappa shape index (κ2) is 8.78. The quantitative estimate of drug-likeness (QED) is 0.700. The van der Waals surface area contributed by atoms with Gasteiger partial charge in [-0.3, -0.25) is 0 Å². The fraction of sp³-hybridized carbons (Fsp3) is 0.824. The zero-order valence-corrected chi connectivity index (χ0v) is 15.7. The monoisotopic (exact) mass is 427 g/mol. The summed E-state index contributed by atoms with van der Waals surface area (Å²) < 4.78 is 81.6. The van der Waals surface area contributed by atoms with E-state index in [1.54, 1.807) is 4.90 Å². The van der Waals surface area contributed by atoms with Crippen molar-refractivity contribution in [1.29, 1.82) is 0 Å². The van der Waals surface area contributed by atoms with Gasteiger partial charge in [0.15, 0.2) is 0 Å². The van der Waals surface area contributed by atoms with Gasteiger partial charge in [-0.1, -0.05) is 19.3 Å². The molecule has 1 aromatic heterocycles. The fourth-order valence-corrected chi connectivity index (χ4v) is 3.55. The first kappa shape index (κ1) is 21.7. The molecule has 0 bridgehead atoms. The summed E-state index contributed by atoms with van der Waals surface area (Å²) in [5.74, 6) is -0.0401. The predicted octanol–water partition coefficient (Wildman–Crippen LogP) is 4.48. The number of alkyl halides is 6. The van der Waals surface area contributed by atoms with E-state index in [1.165, 1.54) is 0 Å². The molecule has 1 saturated carbocycles. The summed E-state index contributed by atoms with van der Waals surface area (Å²) in [5, 5.41) is 3.02. The minimum Gasteiger partial charge on any atom is -0.440 e. The lowest BCUT2D eigenvalue weighted by Crippen LogP contribution is -2.47. The van der Waals surface area contributed by atoms with Crippen LogP contribution in [-0.2, 0) is 0 Å². The van der Waals surface area contributed by atoms with Crippen molar-refractivity contribution >= 4 is 11.9 Å². The maximum Gasteiger partial charge on any atom is 0.434 e. The van der Waals surface area contributed by atoms with Crippen LogP contribution >= 0.6 is 0 Å². The number of piperidine rings is 1. The summed E-state index contributed by atoms with van der Waals surface area (Å²) in [6.07, 6.45) is -7.94. The molecular formula is C17H23F6N5O. The number of aromatic nitrogens is 3. The number of anilines is 2. The lowest BCUT2D eigenvalue weighted by atomic mass is 9.96. The van der Waals surface area contributed by atoms with E-state index in [0.29, 0.717) is 13.1 Å². The maximum atomic E-state index is 12.9. The van der Waals surface area contributed by atoms with Gasteiger partial charge in [0.05, 0.1) is 0 Å². The zero-order valence-electron chi connectivity index (χ0n) is 15.7. The van der Waals surface area contributed by atoms with Crippen molar-refractivity contribution in [1.82, 2.24) is 15.0 Å². The highest BCUT2D eigenvalue weighted by Crippen LogP contribution is 2.36. The van der Waals surface area contributed by atoms with Crippen molar-refractivity contribution in [2.75, 3.05) is 23.3 Å². The molecule has 0 atom stereocenters. The van der Waals surface area contributed by atoms with Crippen molar-refractivity contribution in [3.8, 4) is 6.01 Å². The Kier molecular flexibility index (Phi) is 6.57. The molecule has 2 aliphatic rings. The summed E-state index contributed by atoms with van der Waals surface area (Å²) in [6.45, 7) is 1.13. The molecule has 2 heterocycles. The standard InChI is InChI=1S/C17H23F6N5O/c18-16(19,20)12(17(21,22)23)29-15-26-13(24-11-7-3-1-4-8-11)25-14(27-15)28-9-5-2-6-10-28/h11-12H,1-10H2,(H,24,25,26,27). The topological polar surface area (TPSA) is 63.2 Å². The first-order valence-electron chi connectivity index (χ1n) is 9.70. The molecule has 0 spiro atoms. The van der Waals surface area contributed by atoms with E-state index < -0.39 is 24.5 Å². The molecule has 1 aliphatic carbocycles. The zero-order chi connectivity index (χ0) is 21.1. The molecule has 1 saturated heterocycles. The Hall–Kier alpha value is -2.01. The Morgan fingerprint density at radius 3 is 2.00 bits per heavy atom. The molecule has 29 heavy (non-hydrogen) atoms. The second-order valence-electron chi connectivity index (χ2n) is 7.35. The molecular weight excluding hydrogens is 404 g/mol. The molecule has 1 aromatic rings. The Morgan fingerprint density at radius 1 is 0.828 bits per heavy atom. The first-order chi connectivity index (χ1) is 13.6. The lowest BCUT2D eigenvalue weighted by molar-refractivity contribution is -0.301. The average Bonchev–Trinajstić information content (AvgIpc) is 2.66. The molecule has 1 aliphatic heterocycles. The van der Waals surface area contributed by atoms with E-state index in [1.807, 2.05) is 0 Å². The molecule has 164 valence electrons. The predicted molar refractivity (Wildman–Crippen MR) is 92.9 cm³/mol. The van der Waals surface area contributed by atoms with E-state index in [9.17, 15) is 26.3 Å². The largest absolute Gasteiger partial charge is 0.440 e. The van der Waals surface area contributed by atoms with E-state index in [2.05, 4.69) is 25.0 Å². The minimum absolute atomic E-state index is 0.00855. The van der Waals surface area contributed by atoms with Crippen LogP contribution in [0.4, 0.5) is 38.2 Å². The lowest BCUT2D eigenvalue weighted by Gasteiger charge is -2.28. The molecule has 3 rings (SSSR count). The Labute approximate surface area is 164 Å². The summed E-state index contributed by atoms with van der Waals surface area (Å²) in [5.41, 5.74) is 0. The van der Waals surface area contributed by atoms with Crippen molar-refractivity contribution < 1.29 is 31.1 Å². The van der Waals surface area contributed by atoms with Gasteiger partial charge in [-0.05, 0) is 32.1 Å². The van der Waals surface area contributed by atoms with Gasteiger partial charge in [0.25, 0.3) is 6.10 Å². The van der Waals surface area contributed by atoms with E-state index in [-0.39, 0.29) is 17.9 Å². The highest BCUT2D eigenvalue weighted by atomic mass is 19.4. The summed E-state index contributed by atoms with van der Waals surface area (Å²) in [7, 11) is 0. The number of nitrogens with zero attached hydrogens (tertiary/aromatic N) is 4. The van der Waals surface area contributed by atoms with Crippen LogP contribution in [-0.4, -0.2) is 52.5 Å². The smallest absolute Gasteiger partial charge is 0.434 e. The van der Waals surface area contributed by atoms with Crippen molar-refractivity contribution in [2.24, 2.45) is 0 Å². The van der Waals surface area contributed by atoms with Gasteiger partial charge in [0, 0.05) is 19.1 Å². The summed E-state index contributed by atoms with van der Waals surface area (Å²) >= 11 is 0. The van der Waals surface area contributed by atoms with Crippen LogP contribution in [0.2, 0.25) is 0 Å². The van der Waals surface area contributed by atoms with Gasteiger partial charge < -0.3 is 15.0 Å². The Bertz CT molecular complexity index is 657. The Balaban J connectivity index is 1.88. The fourth-order valence-electron chi connectivity index (χ4n) is 3.55. The van der Waals surface area contributed by atoms with Crippen molar-refractivity contribution in [2.45, 2.75) is 75.9 Å². The van der Waals surface area contributed by atoms with E-state index >= 15 is 0 Å². The maximum absolute atomic E-state index is 12.9. The third-order valence-corrected chi connectivity index (χ3v) is 5.00. The van der Waals surface area contributed by atoms with Gasteiger partial charge in [0.1, 0.15) is 0 Å². The molecule has 6 nitrogen and oxygen atoms in total. The van der Waals surface area contributed by atoms with Gasteiger partial charge in [-0.2, -0.15) is 41.3 Å².